The normalized spacial score (nSPS) is 10.4. The van der Waals surface area contributed by atoms with Crippen LogP contribution < -0.4 is 4.74 Å². The summed E-state index contributed by atoms with van der Waals surface area (Å²) in [5.74, 6) is 0.742. The smallest absolute Gasteiger partial charge is 0.188 e. The summed E-state index contributed by atoms with van der Waals surface area (Å²) in [6.07, 6.45) is 0.991. The van der Waals surface area contributed by atoms with Gasteiger partial charge in [-0.2, -0.15) is 0 Å². The third kappa shape index (κ3) is 6.36. The lowest BCUT2D eigenvalue weighted by atomic mass is 10.1. The van der Waals surface area contributed by atoms with Crippen LogP contribution in [0.3, 0.4) is 0 Å². The van der Waals surface area contributed by atoms with Gasteiger partial charge in [0, 0.05) is 12.2 Å². The number of hydrogen-bond acceptors (Lipinski definition) is 4. The summed E-state index contributed by atoms with van der Waals surface area (Å²) >= 11 is 0. The summed E-state index contributed by atoms with van der Waals surface area (Å²) in [4.78, 5) is 11.8. The van der Waals surface area contributed by atoms with Gasteiger partial charge in [-0.15, -0.1) is 0 Å². The highest BCUT2D eigenvalue weighted by molar-refractivity contribution is 5.97. The Hall–Kier alpha value is -1.39. The number of Topliss-reactive ketones (excluding diaryl/α,β-unsaturated/α-hetero) is 1. The average molecular weight is 266 g/mol. The van der Waals surface area contributed by atoms with E-state index in [0.717, 1.165) is 18.8 Å². The molecule has 0 aromatic heterocycles. The number of hydrogen-bond donors (Lipinski definition) is 0. The molecule has 0 bridgehead atoms. The second kappa shape index (κ2) is 9.53. The van der Waals surface area contributed by atoms with Crippen molar-refractivity contribution in [3.63, 3.8) is 0 Å². The molecule has 0 unspecified atom stereocenters. The van der Waals surface area contributed by atoms with Gasteiger partial charge >= 0.3 is 0 Å². The largest absolute Gasteiger partial charge is 0.494 e. The van der Waals surface area contributed by atoms with E-state index < -0.39 is 0 Å². The van der Waals surface area contributed by atoms with Crippen molar-refractivity contribution in [2.45, 2.75) is 20.3 Å². The Bertz CT molecular complexity index is 359. The van der Waals surface area contributed by atoms with Gasteiger partial charge in [-0.3, -0.25) is 4.79 Å². The minimum absolute atomic E-state index is 0.0291. The fourth-order valence-corrected chi connectivity index (χ4v) is 1.52. The molecule has 1 rings (SSSR count). The van der Waals surface area contributed by atoms with E-state index in [9.17, 15) is 4.79 Å². The van der Waals surface area contributed by atoms with E-state index >= 15 is 0 Å². The molecule has 0 atom stereocenters. The van der Waals surface area contributed by atoms with Crippen LogP contribution in [0.25, 0.3) is 0 Å². The lowest BCUT2D eigenvalue weighted by Gasteiger charge is -2.06. The zero-order valence-electron chi connectivity index (χ0n) is 11.7. The van der Waals surface area contributed by atoms with Crippen molar-refractivity contribution < 1.29 is 19.0 Å². The second-order valence-electron chi connectivity index (χ2n) is 4.05. The van der Waals surface area contributed by atoms with E-state index in [1.807, 2.05) is 6.92 Å². The van der Waals surface area contributed by atoms with E-state index in [1.165, 1.54) is 0 Å². The van der Waals surface area contributed by atoms with E-state index in [4.69, 9.17) is 14.2 Å². The van der Waals surface area contributed by atoms with Crippen LogP contribution in [-0.4, -0.2) is 38.8 Å². The monoisotopic (exact) mass is 266 g/mol. The van der Waals surface area contributed by atoms with Crippen LogP contribution in [0.1, 0.15) is 30.6 Å². The second-order valence-corrected chi connectivity index (χ2v) is 4.05. The Morgan fingerprint density at radius 1 is 1.00 bits per heavy atom. The Kier molecular flexibility index (Phi) is 7.86. The van der Waals surface area contributed by atoms with Crippen molar-refractivity contribution in [3.05, 3.63) is 29.8 Å². The summed E-state index contributed by atoms with van der Waals surface area (Å²) in [5.41, 5.74) is 0.637. The van der Waals surface area contributed by atoms with Crippen LogP contribution in [-0.2, 0) is 9.47 Å². The molecule has 4 heteroatoms. The molecular formula is C15H22O4. The molecule has 1 aromatic carbocycles. The molecule has 0 aliphatic rings. The first-order valence-electron chi connectivity index (χ1n) is 6.69. The maximum Gasteiger partial charge on any atom is 0.188 e. The summed E-state index contributed by atoms with van der Waals surface area (Å²) in [7, 11) is 0. The fraction of sp³-hybridized carbons (Fsp3) is 0.533. The summed E-state index contributed by atoms with van der Waals surface area (Å²) in [6, 6.07) is 7.09. The van der Waals surface area contributed by atoms with Crippen molar-refractivity contribution in [3.8, 4) is 5.75 Å². The number of ketones is 1. The molecule has 0 radical (unpaired) electrons. The first kappa shape index (κ1) is 15.7. The Balaban J connectivity index is 2.25. The third-order valence-corrected chi connectivity index (χ3v) is 2.44. The predicted octanol–water partition coefficient (Wildman–Crippen LogP) is 2.71. The maximum absolute atomic E-state index is 11.8. The molecule has 0 amide bonds. The first-order chi connectivity index (χ1) is 9.27. The van der Waals surface area contributed by atoms with Crippen LogP contribution >= 0.6 is 0 Å². The summed E-state index contributed by atoms with van der Waals surface area (Å²) < 4.78 is 15.8. The molecular weight excluding hydrogens is 244 g/mol. The van der Waals surface area contributed by atoms with Crippen molar-refractivity contribution >= 4 is 5.78 Å². The standard InChI is InChI=1S/C15H22O4/c1-3-9-17-10-11-18-12-15(16)13-5-7-14(8-6-13)19-4-2/h5-8H,3-4,9-12H2,1-2H3. The highest BCUT2D eigenvalue weighted by atomic mass is 16.5. The predicted molar refractivity (Wildman–Crippen MR) is 73.9 cm³/mol. The van der Waals surface area contributed by atoms with Gasteiger partial charge in [0.2, 0.25) is 0 Å². The molecule has 0 saturated carbocycles. The van der Waals surface area contributed by atoms with Gasteiger partial charge in [0.25, 0.3) is 0 Å². The lowest BCUT2D eigenvalue weighted by Crippen LogP contribution is -2.12. The molecule has 106 valence electrons. The molecule has 0 N–H and O–H groups in total. The summed E-state index contributed by atoms with van der Waals surface area (Å²) in [5, 5.41) is 0. The molecule has 0 spiro atoms. The van der Waals surface area contributed by atoms with Gasteiger partial charge in [-0.05, 0) is 37.6 Å². The first-order valence-corrected chi connectivity index (χ1v) is 6.69. The van der Waals surface area contributed by atoms with Gasteiger partial charge in [-0.1, -0.05) is 6.92 Å². The van der Waals surface area contributed by atoms with Gasteiger partial charge in [0.15, 0.2) is 5.78 Å². The number of rotatable bonds is 10. The highest BCUT2D eigenvalue weighted by Crippen LogP contribution is 2.12. The highest BCUT2D eigenvalue weighted by Gasteiger charge is 2.05. The van der Waals surface area contributed by atoms with Gasteiger partial charge in [0.05, 0.1) is 19.8 Å². The molecule has 0 aliphatic carbocycles. The molecule has 1 aromatic rings. The fourth-order valence-electron chi connectivity index (χ4n) is 1.52. The van der Waals surface area contributed by atoms with Crippen molar-refractivity contribution in [1.82, 2.24) is 0 Å². The van der Waals surface area contributed by atoms with Crippen molar-refractivity contribution in [1.29, 1.82) is 0 Å². The Morgan fingerprint density at radius 3 is 2.32 bits per heavy atom. The number of carbonyl (C=O) groups is 1. The quantitative estimate of drug-likeness (QED) is 0.482. The van der Waals surface area contributed by atoms with E-state index in [-0.39, 0.29) is 12.4 Å². The van der Waals surface area contributed by atoms with E-state index in [1.54, 1.807) is 24.3 Å². The summed E-state index contributed by atoms with van der Waals surface area (Å²) in [6.45, 7) is 6.39. The van der Waals surface area contributed by atoms with E-state index in [2.05, 4.69) is 6.92 Å². The molecule has 0 aliphatic heterocycles. The van der Waals surface area contributed by atoms with Crippen LogP contribution in [0.15, 0.2) is 24.3 Å². The molecule has 0 fully saturated rings. The molecule has 0 saturated heterocycles. The Morgan fingerprint density at radius 2 is 1.68 bits per heavy atom. The van der Waals surface area contributed by atoms with Crippen LogP contribution in [0, 0.1) is 0 Å². The maximum atomic E-state index is 11.8. The van der Waals surface area contributed by atoms with Gasteiger partial charge < -0.3 is 14.2 Å². The lowest BCUT2D eigenvalue weighted by molar-refractivity contribution is 0.0441. The van der Waals surface area contributed by atoms with Crippen molar-refractivity contribution in [2.75, 3.05) is 33.0 Å². The van der Waals surface area contributed by atoms with Gasteiger partial charge in [-0.25, -0.2) is 0 Å². The third-order valence-electron chi connectivity index (χ3n) is 2.44. The van der Waals surface area contributed by atoms with Gasteiger partial charge in [0.1, 0.15) is 12.4 Å². The topological polar surface area (TPSA) is 44.8 Å². The van der Waals surface area contributed by atoms with Crippen LogP contribution in [0.4, 0.5) is 0 Å². The van der Waals surface area contributed by atoms with Crippen molar-refractivity contribution in [2.24, 2.45) is 0 Å². The van der Waals surface area contributed by atoms with E-state index in [0.29, 0.717) is 25.4 Å². The minimum Gasteiger partial charge on any atom is -0.494 e. The number of ether oxygens (including phenoxy) is 3. The molecule has 4 nitrogen and oxygen atoms in total. The number of benzene rings is 1. The Labute approximate surface area is 114 Å². The number of carbonyl (C=O) groups excluding carboxylic acids is 1. The van der Waals surface area contributed by atoms with Crippen LogP contribution in [0.2, 0.25) is 0 Å². The SMILES string of the molecule is CCCOCCOCC(=O)c1ccc(OCC)cc1. The molecule has 19 heavy (non-hydrogen) atoms. The average Bonchev–Trinajstić information content (AvgIpc) is 2.43. The minimum atomic E-state index is -0.0291. The zero-order valence-corrected chi connectivity index (χ0v) is 11.7. The van der Waals surface area contributed by atoms with Crippen LogP contribution in [0.5, 0.6) is 5.75 Å². The zero-order chi connectivity index (χ0) is 13.9. The molecule has 0 heterocycles.